The van der Waals surface area contributed by atoms with Gasteiger partial charge in [-0.3, -0.25) is 9.59 Å². The van der Waals surface area contributed by atoms with Crippen LogP contribution >= 0.6 is 0 Å². The summed E-state index contributed by atoms with van der Waals surface area (Å²) < 4.78 is 11.0. The molecular weight excluding hydrogens is 388 g/mol. The second kappa shape index (κ2) is 12.7. The van der Waals surface area contributed by atoms with Crippen molar-refractivity contribution in [3.05, 3.63) is 29.8 Å². The van der Waals surface area contributed by atoms with Gasteiger partial charge in [-0.15, -0.1) is 0 Å². The molecule has 2 amide bonds. The molecule has 0 aliphatic rings. The molecule has 0 aliphatic carbocycles. The zero-order valence-electron chi connectivity index (χ0n) is 18.1. The van der Waals surface area contributed by atoms with Gasteiger partial charge in [0.2, 0.25) is 5.91 Å². The number of nitrogens with two attached hydrogens (primary N) is 1. The van der Waals surface area contributed by atoms with Crippen molar-refractivity contribution in [2.45, 2.75) is 77.4 Å². The fourth-order valence-corrected chi connectivity index (χ4v) is 2.72. The average molecular weight is 423 g/mol. The van der Waals surface area contributed by atoms with Crippen LogP contribution in [-0.2, 0) is 20.7 Å². The summed E-state index contributed by atoms with van der Waals surface area (Å²) >= 11 is 0. The van der Waals surface area contributed by atoms with E-state index in [-0.39, 0.29) is 19.4 Å². The quantitative estimate of drug-likeness (QED) is 0.418. The van der Waals surface area contributed by atoms with Crippen LogP contribution in [0.4, 0.5) is 4.79 Å². The van der Waals surface area contributed by atoms with Crippen LogP contribution in [0.25, 0.3) is 0 Å². The SMILES string of the molecule is CC(C)(C)OC(=O)N[C@@H](CCC(N)=O)COc1ccc(CCCCCC(=O)O)cc1. The Labute approximate surface area is 178 Å². The van der Waals surface area contributed by atoms with Gasteiger partial charge >= 0.3 is 12.1 Å². The Hall–Kier alpha value is -2.77. The molecule has 8 heteroatoms. The molecule has 1 atom stereocenters. The monoisotopic (exact) mass is 422 g/mol. The largest absolute Gasteiger partial charge is 0.491 e. The van der Waals surface area contributed by atoms with Crippen LogP contribution < -0.4 is 15.8 Å². The number of amides is 2. The number of alkyl carbamates (subject to hydrolysis) is 1. The van der Waals surface area contributed by atoms with E-state index in [0.717, 1.165) is 24.8 Å². The van der Waals surface area contributed by atoms with E-state index in [4.69, 9.17) is 20.3 Å². The van der Waals surface area contributed by atoms with Gasteiger partial charge in [-0.05, 0) is 64.2 Å². The van der Waals surface area contributed by atoms with Crippen LogP contribution in [0.5, 0.6) is 5.75 Å². The Bertz CT molecular complexity index is 682. The summed E-state index contributed by atoms with van der Waals surface area (Å²) in [6.07, 6.45) is 3.49. The molecule has 0 saturated heterocycles. The third-order valence-corrected chi connectivity index (χ3v) is 4.19. The molecule has 0 saturated carbocycles. The van der Waals surface area contributed by atoms with E-state index in [0.29, 0.717) is 18.6 Å². The van der Waals surface area contributed by atoms with Crippen molar-refractivity contribution in [1.29, 1.82) is 0 Å². The highest BCUT2D eigenvalue weighted by Crippen LogP contribution is 2.16. The first-order valence-corrected chi connectivity index (χ1v) is 10.3. The van der Waals surface area contributed by atoms with Gasteiger partial charge < -0.3 is 25.6 Å². The number of carboxylic acids is 1. The summed E-state index contributed by atoms with van der Waals surface area (Å²) in [5.41, 5.74) is 5.74. The number of carbonyl (C=O) groups excluding carboxylic acids is 2. The molecule has 168 valence electrons. The second-order valence-corrected chi connectivity index (χ2v) is 8.26. The lowest BCUT2D eigenvalue weighted by molar-refractivity contribution is -0.137. The summed E-state index contributed by atoms with van der Waals surface area (Å²) in [6, 6.07) is 7.22. The lowest BCUT2D eigenvalue weighted by atomic mass is 10.1. The first-order valence-electron chi connectivity index (χ1n) is 10.3. The molecule has 0 heterocycles. The molecule has 0 bridgehead atoms. The van der Waals surface area contributed by atoms with Gasteiger partial charge in [0.05, 0.1) is 6.04 Å². The maximum absolute atomic E-state index is 12.0. The van der Waals surface area contributed by atoms with E-state index < -0.39 is 29.6 Å². The molecule has 30 heavy (non-hydrogen) atoms. The molecule has 0 aromatic heterocycles. The zero-order chi connectivity index (χ0) is 22.6. The smallest absolute Gasteiger partial charge is 0.407 e. The van der Waals surface area contributed by atoms with Crippen molar-refractivity contribution < 1.29 is 29.0 Å². The van der Waals surface area contributed by atoms with Crippen molar-refractivity contribution in [3.63, 3.8) is 0 Å². The molecule has 0 radical (unpaired) electrons. The molecule has 8 nitrogen and oxygen atoms in total. The molecule has 0 aliphatic heterocycles. The van der Waals surface area contributed by atoms with Gasteiger partial charge in [-0.25, -0.2) is 4.79 Å². The number of primary amides is 1. The lowest BCUT2D eigenvalue weighted by Crippen LogP contribution is -2.42. The molecule has 0 spiro atoms. The first kappa shape index (κ1) is 25.3. The highest BCUT2D eigenvalue weighted by atomic mass is 16.6. The lowest BCUT2D eigenvalue weighted by Gasteiger charge is -2.23. The molecule has 4 N–H and O–H groups in total. The first-order chi connectivity index (χ1) is 14.0. The number of hydrogen-bond acceptors (Lipinski definition) is 5. The molecule has 1 aromatic carbocycles. The number of hydrogen-bond donors (Lipinski definition) is 3. The molecule has 1 rings (SSSR count). The highest BCUT2D eigenvalue weighted by molar-refractivity contribution is 5.74. The number of aryl methyl sites for hydroxylation is 1. The van der Waals surface area contributed by atoms with Gasteiger partial charge in [-0.2, -0.15) is 0 Å². The summed E-state index contributed by atoms with van der Waals surface area (Å²) in [6.45, 7) is 5.50. The van der Waals surface area contributed by atoms with E-state index in [2.05, 4.69) is 5.32 Å². The van der Waals surface area contributed by atoms with Crippen molar-refractivity contribution in [3.8, 4) is 5.75 Å². The molecule has 0 unspecified atom stereocenters. The van der Waals surface area contributed by atoms with Crippen LogP contribution in [0.1, 0.15) is 64.9 Å². The summed E-state index contributed by atoms with van der Waals surface area (Å²) in [5, 5.41) is 11.4. The van der Waals surface area contributed by atoms with Crippen molar-refractivity contribution in [1.82, 2.24) is 5.32 Å². The number of unbranched alkanes of at least 4 members (excludes halogenated alkanes) is 2. The number of aliphatic carboxylic acids is 1. The minimum atomic E-state index is -0.758. The van der Waals surface area contributed by atoms with Gasteiger partial charge in [0, 0.05) is 12.8 Å². The summed E-state index contributed by atoms with van der Waals surface area (Å²) in [4.78, 5) is 33.6. The van der Waals surface area contributed by atoms with E-state index in [1.54, 1.807) is 20.8 Å². The van der Waals surface area contributed by atoms with Crippen LogP contribution in [0.3, 0.4) is 0 Å². The van der Waals surface area contributed by atoms with Crippen LogP contribution in [0, 0.1) is 0 Å². The number of ether oxygens (including phenoxy) is 2. The van der Waals surface area contributed by atoms with Gasteiger partial charge in [0.15, 0.2) is 0 Å². The Kier molecular flexibility index (Phi) is 10.7. The molecular formula is C22H34N2O6. The number of nitrogens with one attached hydrogen (secondary N) is 1. The van der Waals surface area contributed by atoms with Crippen molar-refractivity contribution in [2.24, 2.45) is 5.73 Å². The molecule has 1 aromatic rings. The highest BCUT2D eigenvalue weighted by Gasteiger charge is 2.20. The predicted molar refractivity (Wildman–Crippen MR) is 113 cm³/mol. The third kappa shape index (κ3) is 12.6. The Morgan fingerprint density at radius 1 is 1.07 bits per heavy atom. The fourth-order valence-electron chi connectivity index (χ4n) is 2.72. The fraction of sp³-hybridized carbons (Fsp3) is 0.591. The number of carboxylic acid groups (broad SMARTS) is 1. The predicted octanol–water partition coefficient (Wildman–Crippen LogP) is 3.41. The normalized spacial score (nSPS) is 12.1. The maximum atomic E-state index is 12.0. The van der Waals surface area contributed by atoms with Gasteiger partial charge in [-0.1, -0.05) is 18.6 Å². The van der Waals surface area contributed by atoms with Gasteiger partial charge in [0.25, 0.3) is 0 Å². The minimum Gasteiger partial charge on any atom is -0.491 e. The summed E-state index contributed by atoms with van der Waals surface area (Å²) in [7, 11) is 0. The maximum Gasteiger partial charge on any atom is 0.407 e. The van der Waals surface area contributed by atoms with Crippen LogP contribution in [-0.4, -0.2) is 41.3 Å². The van der Waals surface area contributed by atoms with Gasteiger partial charge in [0.1, 0.15) is 18.0 Å². The second-order valence-electron chi connectivity index (χ2n) is 8.26. The average Bonchev–Trinajstić information content (AvgIpc) is 2.62. The van der Waals surface area contributed by atoms with E-state index in [1.165, 1.54) is 0 Å². The van der Waals surface area contributed by atoms with Crippen LogP contribution in [0.2, 0.25) is 0 Å². The summed E-state index contributed by atoms with van der Waals surface area (Å²) in [5.74, 6) is -0.551. The Morgan fingerprint density at radius 3 is 2.30 bits per heavy atom. The Morgan fingerprint density at radius 2 is 1.73 bits per heavy atom. The van der Waals surface area contributed by atoms with E-state index in [9.17, 15) is 14.4 Å². The van der Waals surface area contributed by atoms with Crippen molar-refractivity contribution >= 4 is 18.0 Å². The van der Waals surface area contributed by atoms with Crippen molar-refractivity contribution in [2.75, 3.05) is 6.61 Å². The number of rotatable bonds is 13. The topological polar surface area (TPSA) is 128 Å². The molecule has 0 fully saturated rings. The number of carbonyl (C=O) groups is 3. The minimum absolute atomic E-state index is 0.130. The zero-order valence-corrected chi connectivity index (χ0v) is 18.1. The van der Waals surface area contributed by atoms with Crippen LogP contribution in [0.15, 0.2) is 24.3 Å². The Balaban J connectivity index is 2.49. The third-order valence-electron chi connectivity index (χ3n) is 4.19. The van der Waals surface area contributed by atoms with E-state index in [1.807, 2.05) is 24.3 Å². The standard InChI is InChI=1S/C22H34N2O6/c1-22(2,3)30-21(28)24-17(11-14-19(23)25)15-29-18-12-9-16(10-13-18)7-5-4-6-8-20(26)27/h9-10,12-13,17H,4-8,11,14-15H2,1-3H3,(H2,23,25)(H,24,28)(H,26,27)/t17-/m0/s1. The number of benzene rings is 1. The van der Waals surface area contributed by atoms with E-state index >= 15 is 0 Å².